The van der Waals surface area contributed by atoms with Crippen LogP contribution < -0.4 is 14.4 Å². The lowest BCUT2D eigenvalue weighted by atomic mass is 10.2. The van der Waals surface area contributed by atoms with E-state index < -0.39 is 22.5 Å². The number of carbonyl (C=O) groups is 1. The number of aryl methyl sites for hydroxylation is 1. The summed E-state index contributed by atoms with van der Waals surface area (Å²) >= 11 is 6.18. The van der Waals surface area contributed by atoms with Gasteiger partial charge in [0.15, 0.2) is 5.75 Å². The molecule has 1 amide bonds. The Hall–Kier alpha value is -3.81. The van der Waals surface area contributed by atoms with E-state index in [4.69, 9.17) is 16.3 Å². The second-order valence-corrected chi connectivity index (χ2v) is 10.0. The third-order valence-electron chi connectivity index (χ3n) is 5.19. The molecular formula is C27H23ClN2O4S. The second kappa shape index (κ2) is 10.6. The summed E-state index contributed by atoms with van der Waals surface area (Å²) in [7, 11) is -4.06. The summed E-state index contributed by atoms with van der Waals surface area (Å²) < 4.78 is 34.1. The number of benzene rings is 4. The van der Waals surface area contributed by atoms with Crippen LogP contribution in [0.4, 0.5) is 11.4 Å². The van der Waals surface area contributed by atoms with Gasteiger partial charge in [-0.25, -0.2) is 8.42 Å². The van der Waals surface area contributed by atoms with E-state index in [1.165, 1.54) is 18.2 Å². The van der Waals surface area contributed by atoms with Crippen molar-refractivity contribution >= 4 is 38.9 Å². The largest absolute Gasteiger partial charge is 0.455 e. The van der Waals surface area contributed by atoms with E-state index in [0.29, 0.717) is 33.5 Å². The van der Waals surface area contributed by atoms with Crippen molar-refractivity contribution in [1.29, 1.82) is 0 Å². The molecule has 178 valence electrons. The molecule has 4 aromatic carbocycles. The Labute approximate surface area is 209 Å². The van der Waals surface area contributed by atoms with Gasteiger partial charge < -0.3 is 10.1 Å². The van der Waals surface area contributed by atoms with E-state index in [-0.39, 0.29) is 4.90 Å². The van der Waals surface area contributed by atoms with Crippen LogP contribution in [-0.2, 0) is 14.8 Å². The van der Waals surface area contributed by atoms with E-state index in [1.54, 1.807) is 73.7 Å². The van der Waals surface area contributed by atoms with E-state index in [2.05, 4.69) is 5.32 Å². The van der Waals surface area contributed by atoms with E-state index in [9.17, 15) is 13.2 Å². The lowest BCUT2D eigenvalue weighted by Gasteiger charge is -2.26. The molecule has 1 N–H and O–H groups in total. The number of para-hydroxylation sites is 3. The minimum Gasteiger partial charge on any atom is -0.455 e. The highest BCUT2D eigenvalue weighted by Crippen LogP contribution is 2.31. The van der Waals surface area contributed by atoms with Gasteiger partial charge in [0, 0.05) is 5.02 Å². The Morgan fingerprint density at radius 3 is 2.23 bits per heavy atom. The van der Waals surface area contributed by atoms with Gasteiger partial charge in [-0.15, -0.1) is 0 Å². The predicted molar refractivity (Wildman–Crippen MR) is 139 cm³/mol. The van der Waals surface area contributed by atoms with Gasteiger partial charge in [0.25, 0.3) is 10.0 Å². The van der Waals surface area contributed by atoms with E-state index in [0.717, 1.165) is 4.31 Å². The van der Waals surface area contributed by atoms with Gasteiger partial charge in [0.05, 0.1) is 16.3 Å². The van der Waals surface area contributed by atoms with Crippen LogP contribution in [0, 0.1) is 6.92 Å². The molecule has 0 fully saturated rings. The summed E-state index contributed by atoms with van der Waals surface area (Å²) in [6.07, 6.45) is 0. The number of sulfonamides is 1. The molecule has 0 aliphatic carbocycles. The Morgan fingerprint density at radius 1 is 0.886 bits per heavy atom. The first kappa shape index (κ1) is 24.3. The molecule has 0 aliphatic rings. The summed E-state index contributed by atoms with van der Waals surface area (Å²) in [5.74, 6) is 0.508. The molecule has 0 aromatic heterocycles. The molecule has 0 saturated carbocycles. The highest BCUT2D eigenvalue weighted by Gasteiger charge is 2.28. The fraction of sp³-hybridized carbons (Fsp3) is 0.0741. The summed E-state index contributed by atoms with van der Waals surface area (Å²) in [5, 5.41) is 3.15. The van der Waals surface area contributed by atoms with Crippen molar-refractivity contribution in [3.05, 3.63) is 114 Å². The Morgan fingerprint density at radius 2 is 1.51 bits per heavy atom. The number of anilines is 2. The van der Waals surface area contributed by atoms with Crippen molar-refractivity contribution < 1.29 is 17.9 Å². The van der Waals surface area contributed by atoms with Crippen molar-refractivity contribution in [2.45, 2.75) is 11.8 Å². The van der Waals surface area contributed by atoms with Gasteiger partial charge >= 0.3 is 0 Å². The van der Waals surface area contributed by atoms with Crippen molar-refractivity contribution in [2.75, 3.05) is 16.2 Å². The van der Waals surface area contributed by atoms with Gasteiger partial charge in [0.2, 0.25) is 5.91 Å². The SMILES string of the molecule is Cc1ccc(Cl)cc1N(CC(=O)Nc1ccccc1Oc1ccccc1)S(=O)(=O)c1ccccc1. The first-order valence-corrected chi connectivity index (χ1v) is 12.6. The number of rotatable bonds is 8. The van der Waals surface area contributed by atoms with Crippen molar-refractivity contribution in [2.24, 2.45) is 0 Å². The zero-order valence-electron chi connectivity index (χ0n) is 18.9. The maximum Gasteiger partial charge on any atom is 0.264 e. The maximum absolute atomic E-state index is 13.6. The molecule has 0 bridgehead atoms. The Balaban J connectivity index is 1.65. The maximum atomic E-state index is 13.6. The average Bonchev–Trinajstić information content (AvgIpc) is 2.86. The molecule has 0 aliphatic heterocycles. The van der Waals surface area contributed by atoms with Crippen molar-refractivity contribution in [3.8, 4) is 11.5 Å². The zero-order chi connectivity index (χ0) is 24.8. The van der Waals surface area contributed by atoms with Gasteiger partial charge in [-0.1, -0.05) is 66.2 Å². The lowest BCUT2D eigenvalue weighted by Crippen LogP contribution is -2.38. The van der Waals surface area contributed by atoms with Crippen LogP contribution in [0.5, 0.6) is 11.5 Å². The van der Waals surface area contributed by atoms with Gasteiger partial charge in [-0.05, 0) is 61.0 Å². The number of nitrogens with one attached hydrogen (secondary N) is 1. The number of carbonyl (C=O) groups excluding carboxylic acids is 1. The lowest BCUT2D eigenvalue weighted by molar-refractivity contribution is -0.114. The topological polar surface area (TPSA) is 75.7 Å². The normalized spacial score (nSPS) is 11.0. The van der Waals surface area contributed by atoms with Crippen molar-refractivity contribution in [3.63, 3.8) is 0 Å². The molecular weight excluding hydrogens is 484 g/mol. The fourth-order valence-corrected chi connectivity index (χ4v) is 5.13. The van der Waals surface area contributed by atoms with Crippen molar-refractivity contribution in [1.82, 2.24) is 0 Å². The molecule has 0 atom stereocenters. The number of ether oxygens (including phenoxy) is 1. The standard InChI is InChI=1S/C27H23ClN2O4S/c1-20-16-17-21(28)18-25(20)30(35(32,33)23-12-6-3-7-13-23)19-27(31)29-24-14-8-9-15-26(24)34-22-10-4-2-5-11-22/h2-18H,19H2,1H3,(H,29,31). The first-order chi connectivity index (χ1) is 16.8. The minimum atomic E-state index is -4.06. The molecule has 8 heteroatoms. The number of hydrogen-bond acceptors (Lipinski definition) is 4. The summed E-state index contributed by atoms with van der Waals surface area (Å²) in [4.78, 5) is 13.2. The first-order valence-electron chi connectivity index (χ1n) is 10.8. The van der Waals surface area contributed by atoms with Gasteiger partial charge in [-0.3, -0.25) is 9.10 Å². The van der Waals surface area contributed by atoms with Gasteiger partial charge in [-0.2, -0.15) is 0 Å². The molecule has 6 nitrogen and oxygen atoms in total. The quantitative estimate of drug-likeness (QED) is 0.305. The Kier molecular flexibility index (Phi) is 7.39. The molecule has 4 rings (SSSR count). The minimum absolute atomic E-state index is 0.0694. The molecule has 0 spiro atoms. The van der Waals surface area contributed by atoms with Crippen LogP contribution in [0.25, 0.3) is 0 Å². The highest BCUT2D eigenvalue weighted by atomic mass is 35.5. The number of halogens is 1. The summed E-state index contributed by atoms with van der Waals surface area (Å²) in [5.41, 5.74) is 1.40. The molecule has 4 aromatic rings. The van der Waals surface area contributed by atoms with Crippen LogP contribution >= 0.6 is 11.6 Å². The number of nitrogens with zero attached hydrogens (tertiary/aromatic N) is 1. The fourth-order valence-electron chi connectivity index (χ4n) is 3.47. The van der Waals surface area contributed by atoms with E-state index in [1.807, 2.05) is 18.2 Å². The van der Waals surface area contributed by atoms with Crippen LogP contribution in [0.1, 0.15) is 5.56 Å². The third-order valence-corrected chi connectivity index (χ3v) is 7.20. The molecule has 0 heterocycles. The number of hydrogen-bond donors (Lipinski definition) is 1. The summed E-state index contributed by atoms with van der Waals surface area (Å²) in [6.45, 7) is 1.30. The number of amides is 1. The molecule has 0 saturated heterocycles. The van der Waals surface area contributed by atoms with Crippen LogP contribution in [0.15, 0.2) is 108 Å². The van der Waals surface area contributed by atoms with Gasteiger partial charge in [0.1, 0.15) is 12.3 Å². The zero-order valence-corrected chi connectivity index (χ0v) is 20.5. The van der Waals surface area contributed by atoms with E-state index >= 15 is 0 Å². The smallest absolute Gasteiger partial charge is 0.264 e. The van der Waals surface area contributed by atoms with Crippen LogP contribution in [-0.4, -0.2) is 20.9 Å². The van der Waals surface area contributed by atoms with Crippen LogP contribution in [0.2, 0.25) is 5.02 Å². The predicted octanol–water partition coefficient (Wildman–Crippen LogP) is 6.27. The summed E-state index contributed by atoms with van der Waals surface area (Å²) in [6, 6.07) is 29.0. The third kappa shape index (κ3) is 5.82. The van der Waals surface area contributed by atoms with Crippen LogP contribution in [0.3, 0.4) is 0 Å². The second-order valence-electron chi connectivity index (χ2n) is 7.71. The highest BCUT2D eigenvalue weighted by molar-refractivity contribution is 7.92. The average molecular weight is 507 g/mol. The Bertz CT molecular complexity index is 1430. The monoisotopic (exact) mass is 506 g/mol. The molecule has 35 heavy (non-hydrogen) atoms. The molecule has 0 unspecified atom stereocenters. The molecule has 0 radical (unpaired) electrons.